The highest BCUT2D eigenvalue weighted by Gasteiger charge is 2.22. The molecule has 1 atom stereocenters. The first-order valence-electron chi connectivity index (χ1n) is 7.29. The van der Waals surface area contributed by atoms with Gasteiger partial charge in [-0.25, -0.2) is 0 Å². The van der Waals surface area contributed by atoms with Gasteiger partial charge in [-0.15, -0.1) is 0 Å². The minimum absolute atomic E-state index is 0.0408. The van der Waals surface area contributed by atoms with Crippen molar-refractivity contribution in [3.63, 3.8) is 0 Å². The first kappa shape index (κ1) is 18.4. The van der Waals surface area contributed by atoms with E-state index in [9.17, 15) is 4.79 Å². The molecule has 0 aromatic rings. The second-order valence-electron chi connectivity index (χ2n) is 7.23. The molecule has 0 aliphatic rings. The van der Waals surface area contributed by atoms with Crippen LogP contribution in [0.25, 0.3) is 0 Å². The summed E-state index contributed by atoms with van der Waals surface area (Å²) in [6.07, 6.45) is 3.02. The zero-order valence-corrected chi connectivity index (χ0v) is 13.8. The zero-order chi connectivity index (χ0) is 15.1. The van der Waals surface area contributed by atoms with Crippen LogP contribution in [0, 0.1) is 0 Å². The summed E-state index contributed by atoms with van der Waals surface area (Å²) in [6, 6.07) is -0.0976. The van der Waals surface area contributed by atoms with E-state index < -0.39 is 0 Å². The Morgan fingerprint density at radius 1 is 1.00 bits per heavy atom. The summed E-state index contributed by atoms with van der Waals surface area (Å²) in [6.45, 7) is 13.8. The molecule has 0 aliphatic carbocycles. The number of carbonyl (C=O) groups is 1. The van der Waals surface area contributed by atoms with E-state index in [2.05, 4.69) is 57.5 Å². The van der Waals surface area contributed by atoms with Gasteiger partial charge in [-0.2, -0.15) is 0 Å². The Hall–Kier alpha value is -0.610. The molecule has 0 saturated carbocycles. The lowest BCUT2D eigenvalue weighted by Crippen LogP contribution is -2.51. The molecule has 0 spiro atoms. The number of hydrogen-bond donors (Lipinski definition) is 3. The van der Waals surface area contributed by atoms with Gasteiger partial charge in [-0.05, 0) is 60.9 Å². The first-order chi connectivity index (χ1) is 8.55. The Bertz CT molecular complexity index is 264. The molecule has 0 rings (SSSR count). The van der Waals surface area contributed by atoms with Gasteiger partial charge in [-0.1, -0.05) is 6.42 Å². The number of nitrogens with one attached hydrogen (secondary N) is 3. The molecule has 1 amide bonds. The molecule has 0 heterocycles. The highest BCUT2D eigenvalue weighted by Crippen LogP contribution is 2.08. The molecule has 0 bridgehead atoms. The average Bonchev–Trinajstić information content (AvgIpc) is 2.22. The fraction of sp³-hybridized carbons (Fsp3) is 0.933. The van der Waals surface area contributed by atoms with E-state index in [-0.39, 0.29) is 23.0 Å². The van der Waals surface area contributed by atoms with Crippen LogP contribution in [0.15, 0.2) is 0 Å². The van der Waals surface area contributed by atoms with Crippen LogP contribution < -0.4 is 16.0 Å². The number of unbranched alkanes of at least 4 members (excludes halogenated alkanes) is 1. The number of hydrogen-bond acceptors (Lipinski definition) is 3. The molecule has 3 N–H and O–H groups in total. The van der Waals surface area contributed by atoms with Crippen LogP contribution in [-0.2, 0) is 4.79 Å². The van der Waals surface area contributed by atoms with Gasteiger partial charge in [0.1, 0.15) is 0 Å². The minimum Gasteiger partial charge on any atom is -0.358 e. The first-order valence-corrected chi connectivity index (χ1v) is 7.29. The molecule has 4 nitrogen and oxygen atoms in total. The molecule has 0 aromatic heterocycles. The van der Waals surface area contributed by atoms with Crippen molar-refractivity contribution >= 4 is 5.91 Å². The van der Waals surface area contributed by atoms with Gasteiger partial charge in [0.05, 0.1) is 6.04 Å². The molecular formula is C15H33N3O. The monoisotopic (exact) mass is 271 g/mol. The van der Waals surface area contributed by atoms with E-state index >= 15 is 0 Å². The predicted octanol–water partition coefficient (Wildman–Crippen LogP) is 2.05. The quantitative estimate of drug-likeness (QED) is 0.621. The van der Waals surface area contributed by atoms with E-state index in [1.54, 1.807) is 7.05 Å². The Kier molecular flexibility index (Phi) is 7.60. The van der Waals surface area contributed by atoms with Crippen molar-refractivity contribution in [2.24, 2.45) is 0 Å². The second-order valence-corrected chi connectivity index (χ2v) is 7.23. The Labute approximate surface area is 119 Å². The topological polar surface area (TPSA) is 53.2 Å². The van der Waals surface area contributed by atoms with Crippen molar-refractivity contribution in [2.75, 3.05) is 13.6 Å². The Morgan fingerprint density at radius 3 is 2.00 bits per heavy atom. The summed E-state index contributed by atoms with van der Waals surface area (Å²) in [5, 5.41) is 9.58. The van der Waals surface area contributed by atoms with Crippen LogP contribution in [0.3, 0.4) is 0 Å². The van der Waals surface area contributed by atoms with Gasteiger partial charge < -0.3 is 16.0 Å². The SMILES string of the molecule is CNC(=O)C(CCCCNC(C)(C)C)NC(C)(C)C. The lowest BCUT2D eigenvalue weighted by molar-refractivity contribution is -0.123. The number of rotatable bonds is 7. The summed E-state index contributed by atoms with van der Waals surface area (Å²) in [5.74, 6) is 0.0821. The highest BCUT2D eigenvalue weighted by molar-refractivity contribution is 5.81. The van der Waals surface area contributed by atoms with Crippen molar-refractivity contribution < 1.29 is 4.79 Å². The molecule has 1 unspecified atom stereocenters. The predicted molar refractivity (Wildman–Crippen MR) is 82.4 cm³/mol. The second kappa shape index (κ2) is 7.85. The molecule has 0 aliphatic heterocycles. The van der Waals surface area contributed by atoms with Crippen LogP contribution >= 0.6 is 0 Å². The summed E-state index contributed by atoms with van der Waals surface area (Å²) in [7, 11) is 1.70. The van der Waals surface area contributed by atoms with Gasteiger partial charge in [-0.3, -0.25) is 4.79 Å². The van der Waals surface area contributed by atoms with Crippen molar-refractivity contribution in [3.05, 3.63) is 0 Å². The van der Waals surface area contributed by atoms with Crippen molar-refractivity contribution in [1.82, 2.24) is 16.0 Å². The van der Waals surface area contributed by atoms with Crippen LogP contribution in [0.5, 0.6) is 0 Å². The van der Waals surface area contributed by atoms with Crippen molar-refractivity contribution in [3.8, 4) is 0 Å². The Morgan fingerprint density at radius 2 is 1.58 bits per heavy atom. The van der Waals surface area contributed by atoms with Crippen molar-refractivity contribution in [2.45, 2.75) is 77.9 Å². The maximum absolute atomic E-state index is 11.8. The number of carbonyl (C=O) groups excluding carboxylic acids is 1. The van der Waals surface area contributed by atoms with Gasteiger partial charge in [0.15, 0.2) is 0 Å². The summed E-state index contributed by atoms with van der Waals surface area (Å²) >= 11 is 0. The van der Waals surface area contributed by atoms with Crippen LogP contribution in [0.4, 0.5) is 0 Å². The third-order valence-electron chi connectivity index (χ3n) is 2.75. The largest absolute Gasteiger partial charge is 0.358 e. The van der Waals surface area contributed by atoms with E-state index in [0.717, 1.165) is 25.8 Å². The fourth-order valence-electron chi connectivity index (χ4n) is 1.90. The maximum atomic E-state index is 11.8. The third-order valence-corrected chi connectivity index (χ3v) is 2.75. The number of likely N-dealkylation sites (N-methyl/N-ethyl adjacent to an activating group) is 1. The lowest BCUT2D eigenvalue weighted by Gasteiger charge is -2.27. The maximum Gasteiger partial charge on any atom is 0.236 e. The minimum atomic E-state index is -0.0976. The molecule has 0 fully saturated rings. The van der Waals surface area contributed by atoms with E-state index in [4.69, 9.17) is 0 Å². The van der Waals surface area contributed by atoms with E-state index in [1.165, 1.54) is 0 Å². The molecule has 19 heavy (non-hydrogen) atoms. The molecule has 0 saturated heterocycles. The Balaban J connectivity index is 4.04. The molecule has 0 aromatic carbocycles. The summed E-state index contributed by atoms with van der Waals surface area (Å²) in [5.41, 5.74) is 0.130. The van der Waals surface area contributed by atoms with Crippen molar-refractivity contribution in [1.29, 1.82) is 0 Å². The molecule has 114 valence electrons. The normalized spacial score (nSPS) is 14.3. The van der Waals surface area contributed by atoms with Crippen LogP contribution in [-0.4, -0.2) is 36.6 Å². The summed E-state index contributed by atoms with van der Waals surface area (Å²) < 4.78 is 0. The molecular weight excluding hydrogens is 238 g/mol. The highest BCUT2D eigenvalue weighted by atomic mass is 16.2. The smallest absolute Gasteiger partial charge is 0.236 e. The lowest BCUT2D eigenvalue weighted by atomic mass is 10.0. The van der Waals surface area contributed by atoms with E-state index in [1.807, 2.05) is 0 Å². The zero-order valence-electron chi connectivity index (χ0n) is 13.8. The van der Waals surface area contributed by atoms with Gasteiger partial charge >= 0.3 is 0 Å². The fourth-order valence-corrected chi connectivity index (χ4v) is 1.90. The van der Waals surface area contributed by atoms with Gasteiger partial charge in [0, 0.05) is 18.1 Å². The molecule has 0 radical (unpaired) electrons. The van der Waals surface area contributed by atoms with Gasteiger partial charge in [0.25, 0.3) is 0 Å². The number of amides is 1. The molecule has 4 heteroatoms. The van der Waals surface area contributed by atoms with E-state index in [0.29, 0.717) is 0 Å². The van der Waals surface area contributed by atoms with Gasteiger partial charge in [0.2, 0.25) is 5.91 Å². The average molecular weight is 271 g/mol. The standard InChI is InChI=1S/C15H33N3O/c1-14(2,3)17-11-9-8-10-12(13(19)16-7)18-15(4,5)6/h12,17-18H,8-11H2,1-7H3,(H,16,19). The summed E-state index contributed by atoms with van der Waals surface area (Å²) in [4.78, 5) is 11.8. The van der Waals surface area contributed by atoms with Crippen LogP contribution in [0.2, 0.25) is 0 Å². The third kappa shape index (κ3) is 11.0. The van der Waals surface area contributed by atoms with Crippen LogP contribution in [0.1, 0.15) is 60.8 Å².